The predicted octanol–water partition coefficient (Wildman–Crippen LogP) is 6.27. The van der Waals surface area contributed by atoms with Crippen LogP contribution in [0.3, 0.4) is 0 Å². The number of carbonyl (C=O) groups excluding carboxylic acids is 1. The molecule has 1 unspecified atom stereocenters. The molecule has 1 aliphatic rings. The topological polar surface area (TPSA) is 46.1 Å². The van der Waals surface area contributed by atoms with Gasteiger partial charge in [-0.05, 0) is 93.3 Å². The Morgan fingerprint density at radius 3 is 2.58 bits per heavy atom. The third-order valence-corrected chi connectivity index (χ3v) is 7.04. The Balaban J connectivity index is 1.60. The van der Waals surface area contributed by atoms with Crippen LogP contribution in [0.25, 0.3) is 11.8 Å². The number of nitrogens with zero attached hydrogens (tertiary/aromatic N) is 1. The molecule has 1 saturated heterocycles. The minimum atomic E-state index is -0.221. The number of benzene rings is 2. The highest BCUT2D eigenvalue weighted by molar-refractivity contribution is 8.05. The normalized spacial score (nSPS) is 17.3. The van der Waals surface area contributed by atoms with Crippen molar-refractivity contribution < 1.29 is 4.79 Å². The Kier molecular flexibility index (Phi) is 5.91. The fourth-order valence-electron chi connectivity index (χ4n) is 3.92. The monoisotopic (exact) mass is 451 g/mol. The van der Waals surface area contributed by atoms with E-state index in [1.54, 1.807) is 0 Å². The minimum absolute atomic E-state index is 0.0642. The molecule has 0 radical (unpaired) electrons. The largest absolute Gasteiger partial charge is 0.356 e. The van der Waals surface area contributed by atoms with Crippen LogP contribution in [0, 0.1) is 34.6 Å². The van der Waals surface area contributed by atoms with Gasteiger partial charge in [0.05, 0.1) is 4.91 Å². The highest BCUT2D eigenvalue weighted by Crippen LogP contribution is 2.33. The van der Waals surface area contributed by atoms with Crippen LogP contribution >= 0.6 is 23.4 Å². The molecule has 2 aromatic carbocycles. The second-order valence-electron chi connectivity index (χ2n) is 7.96. The average molecular weight is 452 g/mol. The lowest BCUT2D eigenvalue weighted by molar-refractivity contribution is -0.116. The van der Waals surface area contributed by atoms with E-state index < -0.39 is 0 Å². The summed E-state index contributed by atoms with van der Waals surface area (Å²) in [6, 6.07) is 14.2. The molecule has 1 fully saturated rings. The summed E-state index contributed by atoms with van der Waals surface area (Å²) < 4.78 is 2.26. The summed E-state index contributed by atoms with van der Waals surface area (Å²) in [5.74, 6) is -0.0642. The van der Waals surface area contributed by atoms with E-state index in [2.05, 4.69) is 67.2 Å². The molecule has 0 aliphatic carbocycles. The van der Waals surface area contributed by atoms with Gasteiger partial charge >= 0.3 is 0 Å². The first kappa shape index (κ1) is 21.6. The molecular weight excluding hydrogens is 426 g/mol. The summed E-state index contributed by atoms with van der Waals surface area (Å²) in [6.45, 7) is 10.5. The summed E-state index contributed by atoms with van der Waals surface area (Å²) in [4.78, 5) is 13.3. The summed E-state index contributed by atoms with van der Waals surface area (Å²) in [6.07, 6.45) is 1.99. The van der Waals surface area contributed by atoms with Gasteiger partial charge in [-0.25, -0.2) is 0 Å². The van der Waals surface area contributed by atoms with Crippen LogP contribution in [-0.2, 0) is 4.79 Å². The number of hydrogen-bond acceptors (Lipinski definition) is 3. The van der Waals surface area contributed by atoms with Crippen LogP contribution in [0.5, 0.6) is 0 Å². The van der Waals surface area contributed by atoms with Gasteiger partial charge in [0.2, 0.25) is 0 Å². The van der Waals surface area contributed by atoms with Gasteiger partial charge in [-0.15, -0.1) is 0 Å². The van der Waals surface area contributed by atoms with E-state index in [9.17, 15) is 4.79 Å². The number of anilines is 1. The van der Waals surface area contributed by atoms with Crippen molar-refractivity contribution in [2.24, 2.45) is 0 Å². The Morgan fingerprint density at radius 1 is 1.06 bits per heavy atom. The number of carbonyl (C=O) groups is 1. The Hall–Kier alpha value is -2.63. The van der Waals surface area contributed by atoms with Crippen LogP contribution < -0.4 is 10.6 Å². The molecule has 0 bridgehead atoms. The number of aromatic nitrogens is 1. The minimum Gasteiger partial charge on any atom is -0.356 e. The second-order valence-corrected chi connectivity index (χ2v) is 9.55. The van der Waals surface area contributed by atoms with Crippen LogP contribution in [0.2, 0.25) is 5.02 Å². The molecule has 2 N–H and O–H groups in total. The van der Waals surface area contributed by atoms with Gasteiger partial charge < -0.3 is 15.2 Å². The fraction of sp³-hybridized carbons (Fsp3) is 0.240. The maximum atomic E-state index is 12.6. The van der Waals surface area contributed by atoms with Crippen molar-refractivity contribution in [3.8, 4) is 5.69 Å². The zero-order valence-corrected chi connectivity index (χ0v) is 19.9. The maximum absolute atomic E-state index is 12.6. The Morgan fingerprint density at radius 2 is 1.84 bits per heavy atom. The van der Waals surface area contributed by atoms with Gasteiger partial charge in [-0.2, -0.15) is 0 Å². The summed E-state index contributed by atoms with van der Waals surface area (Å²) >= 11 is 7.54. The van der Waals surface area contributed by atoms with Crippen LogP contribution in [0.15, 0.2) is 47.4 Å². The summed E-state index contributed by atoms with van der Waals surface area (Å²) in [5, 5.41) is 7.09. The second kappa shape index (κ2) is 8.48. The van der Waals surface area contributed by atoms with Crippen molar-refractivity contribution >= 4 is 41.0 Å². The van der Waals surface area contributed by atoms with Gasteiger partial charge in [0, 0.05) is 27.8 Å². The van der Waals surface area contributed by atoms with E-state index in [0.29, 0.717) is 9.93 Å². The van der Waals surface area contributed by atoms with E-state index in [1.807, 2.05) is 31.2 Å². The number of halogens is 1. The SMILES string of the molecule is Cc1cc(Cl)ccc1NC1NC(=O)/C(=C/c2cc(C)n(-c3cccc(C)c3C)c2C)S1. The first-order valence-electron chi connectivity index (χ1n) is 10.2. The van der Waals surface area contributed by atoms with Crippen LogP contribution in [0.1, 0.15) is 33.6 Å². The van der Waals surface area contributed by atoms with Gasteiger partial charge in [0.15, 0.2) is 5.50 Å². The molecule has 0 saturated carbocycles. The number of thioether (sulfide) groups is 1. The molecule has 0 spiro atoms. The molecule has 160 valence electrons. The molecular formula is C25H26ClN3OS. The van der Waals surface area contributed by atoms with E-state index >= 15 is 0 Å². The fourth-order valence-corrected chi connectivity index (χ4v) is 5.11. The van der Waals surface area contributed by atoms with Crippen molar-refractivity contribution in [2.45, 2.75) is 40.1 Å². The third-order valence-electron chi connectivity index (χ3n) is 5.78. The number of rotatable bonds is 4. The maximum Gasteiger partial charge on any atom is 0.260 e. The molecule has 6 heteroatoms. The Bertz CT molecular complexity index is 1210. The molecule has 4 rings (SSSR count). The molecule has 1 aromatic heterocycles. The number of hydrogen-bond donors (Lipinski definition) is 2. The lowest BCUT2D eigenvalue weighted by Gasteiger charge is -2.15. The highest BCUT2D eigenvalue weighted by atomic mass is 35.5. The van der Waals surface area contributed by atoms with Crippen LogP contribution in [-0.4, -0.2) is 16.0 Å². The first-order valence-corrected chi connectivity index (χ1v) is 11.5. The highest BCUT2D eigenvalue weighted by Gasteiger charge is 2.28. The van der Waals surface area contributed by atoms with E-state index in [-0.39, 0.29) is 11.4 Å². The quantitative estimate of drug-likeness (QED) is 0.459. The van der Waals surface area contributed by atoms with Crippen molar-refractivity contribution in [1.82, 2.24) is 9.88 Å². The molecule has 1 amide bonds. The van der Waals surface area contributed by atoms with Gasteiger partial charge in [-0.3, -0.25) is 4.79 Å². The molecule has 4 nitrogen and oxygen atoms in total. The van der Waals surface area contributed by atoms with Gasteiger partial charge in [-0.1, -0.05) is 35.5 Å². The van der Waals surface area contributed by atoms with Crippen LogP contribution in [0.4, 0.5) is 5.69 Å². The molecule has 2 heterocycles. The predicted molar refractivity (Wildman–Crippen MR) is 132 cm³/mol. The standard InChI is InChI=1S/C25H26ClN3OS/c1-14-7-6-8-22(17(14)4)29-16(3)12-19(18(29)5)13-23-24(30)28-25(31-23)27-21-10-9-20(26)11-15(21)2/h6-13,25,27H,1-5H3,(H,28,30)/b23-13-. The molecule has 1 atom stereocenters. The van der Waals surface area contributed by atoms with E-state index in [0.717, 1.165) is 28.2 Å². The zero-order chi connectivity index (χ0) is 22.3. The lowest BCUT2D eigenvalue weighted by Crippen LogP contribution is -2.31. The smallest absolute Gasteiger partial charge is 0.260 e. The number of nitrogens with one attached hydrogen (secondary N) is 2. The number of aryl methyl sites for hydroxylation is 3. The Labute approximate surface area is 192 Å². The van der Waals surface area contributed by atoms with E-state index in [4.69, 9.17) is 11.6 Å². The van der Waals surface area contributed by atoms with E-state index in [1.165, 1.54) is 28.6 Å². The average Bonchev–Trinajstić information content (AvgIpc) is 3.19. The third kappa shape index (κ3) is 4.25. The molecule has 3 aromatic rings. The summed E-state index contributed by atoms with van der Waals surface area (Å²) in [5.41, 5.74) is 8.81. The van der Waals surface area contributed by atoms with Crippen molar-refractivity contribution in [2.75, 3.05) is 5.32 Å². The molecule has 31 heavy (non-hydrogen) atoms. The van der Waals surface area contributed by atoms with Crippen molar-refractivity contribution in [3.63, 3.8) is 0 Å². The molecule has 1 aliphatic heterocycles. The summed E-state index contributed by atoms with van der Waals surface area (Å²) in [7, 11) is 0. The number of amides is 1. The zero-order valence-electron chi connectivity index (χ0n) is 18.3. The van der Waals surface area contributed by atoms with Gasteiger partial charge in [0.1, 0.15) is 0 Å². The lowest BCUT2D eigenvalue weighted by atomic mass is 10.1. The van der Waals surface area contributed by atoms with Crippen molar-refractivity contribution in [1.29, 1.82) is 0 Å². The van der Waals surface area contributed by atoms with Gasteiger partial charge in [0.25, 0.3) is 5.91 Å². The first-order chi connectivity index (χ1) is 14.7. The van der Waals surface area contributed by atoms with Crippen molar-refractivity contribution in [3.05, 3.63) is 86.0 Å².